The van der Waals surface area contributed by atoms with Gasteiger partial charge in [0.2, 0.25) is 11.7 Å². The molecule has 0 unspecified atom stereocenters. The molecule has 5 heteroatoms. The Balaban J connectivity index is 3.51. The summed E-state index contributed by atoms with van der Waals surface area (Å²) in [4.78, 5) is 11.4. The zero-order valence-electron chi connectivity index (χ0n) is 10.2. The van der Waals surface area contributed by atoms with Crippen molar-refractivity contribution in [3.05, 3.63) is 17.2 Å². The van der Waals surface area contributed by atoms with Gasteiger partial charge in [0.25, 0.3) is 0 Å². The van der Waals surface area contributed by atoms with Crippen LogP contribution in [-0.4, -0.2) is 25.2 Å². The van der Waals surface area contributed by atoms with Crippen LogP contribution in [0.15, 0.2) is 6.07 Å². The molecular formula is C12H17NO4. The molecule has 0 aliphatic rings. The van der Waals surface area contributed by atoms with Crippen molar-refractivity contribution in [1.82, 2.24) is 0 Å². The fraction of sp³-hybridized carbons (Fsp3) is 0.417. The number of nitrogens with two attached hydrogens (primary N) is 1. The number of carbonyl (C=O) groups is 1. The molecule has 1 aromatic carbocycles. The van der Waals surface area contributed by atoms with Crippen LogP contribution in [0.5, 0.6) is 17.2 Å². The summed E-state index contributed by atoms with van der Waals surface area (Å²) < 4.78 is 10.1. The van der Waals surface area contributed by atoms with Gasteiger partial charge in [-0.25, -0.2) is 0 Å². The topological polar surface area (TPSA) is 81.8 Å². The molecule has 0 heterocycles. The number of amides is 1. The molecule has 1 amide bonds. The van der Waals surface area contributed by atoms with Crippen molar-refractivity contribution in [1.29, 1.82) is 0 Å². The van der Waals surface area contributed by atoms with E-state index in [4.69, 9.17) is 15.2 Å². The Bertz CT molecular complexity index is 429. The third kappa shape index (κ3) is 2.43. The lowest BCUT2D eigenvalue weighted by atomic mass is 10.00. The monoisotopic (exact) mass is 239 g/mol. The minimum absolute atomic E-state index is 0.108. The Morgan fingerprint density at radius 1 is 1.41 bits per heavy atom. The quantitative estimate of drug-likeness (QED) is 0.815. The van der Waals surface area contributed by atoms with Gasteiger partial charge in [0.05, 0.1) is 14.2 Å². The highest BCUT2D eigenvalue weighted by molar-refractivity contribution is 5.96. The molecule has 0 radical (unpaired) electrons. The number of ether oxygens (including phenoxy) is 2. The van der Waals surface area contributed by atoms with Crippen LogP contribution in [-0.2, 0) is 6.42 Å². The zero-order chi connectivity index (χ0) is 13.0. The lowest BCUT2D eigenvalue weighted by Crippen LogP contribution is -2.15. The van der Waals surface area contributed by atoms with Crippen molar-refractivity contribution in [3.8, 4) is 17.2 Å². The predicted octanol–water partition coefficient (Wildman–Crippen LogP) is 1.46. The third-order valence-corrected chi connectivity index (χ3v) is 2.51. The predicted molar refractivity (Wildman–Crippen MR) is 63.7 cm³/mol. The van der Waals surface area contributed by atoms with Crippen molar-refractivity contribution in [2.24, 2.45) is 5.73 Å². The van der Waals surface area contributed by atoms with E-state index in [-0.39, 0.29) is 17.2 Å². The lowest BCUT2D eigenvalue weighted by molar-refractivity contribution is 0.0998. The molecule has 5 nitrogen and oxygen atoms in total. The number of phenolic OH excluding ortho intramolecular Hbond substituents is 1. The second kappa shape index (κ2) is 5.43. The van der Waals surface area contributed by atoms with Crippen LogP contribution in [0.25, 0.3) is 0 Å². The van der Waals surface area contributed by atoms with E-state index in [9.17, 15) is 9.90 Å². The number of benzene rings is 1. The summed E-state index contributed by atoms with van der Waals surface area (Å²) in [7, 11) is 2.83. The summed E-state index contributed by atoms with van der Waals surface area (Å²) in [5, 5.41) is 9.90. The van der Waals surface area contributed by atoms with Crippen LogP contribution in [0.2, 0.25) is 0 Å². The highest BCUT2D eigenvalue weighted by Crippen LogP contribution is 2.41. The second-order valence-electron chi connectivity index (χ2n) is 3.60. The summed E-state index contributed by atoms with van der Waals surface area (Å²) in [6.45, 7) is 1.96. The molecule has 17 heavy (non-hydrogen) atoms. The summed E-state index contributed by atoms with van der Waals surface area (Å²) in [5.74, 6) is -0.246. The maximum atomic E-state index is 11.4. The van der Waals surface area contributed by atoms with Crippen LogP contribution in [0.1, 0.15) is 29.3 Å². The number of hydrogen-bond donors (Lipinski definition) is 2. The molecular weight excluding hydrogens is 222 g/mol. The maximum Gasteiger partial charge on any atom is 0.249 e. The average Bonchev–Trinajstić information content (AvgIpc) is 2.29. The van der Waals surface area contributed by atoms with Crippen LogP contribution in [0.3, 0.4) is 0 Å². The third-order valence-electron chi connectivity index (χ3n) is 2.51. The Hall–Kier alpha value is -1.91. The first-order valence-corrected chi connectivity index (χ1v) is 5.33. The minimum atomic E-state index is -0.565. The van der Waals surface area contributed by atoms with Crippen LogP contribution in [0, 0.1) is 0 Å². The number of phenols is 1. The van der Waals surface area contributed by atoms with E-state index < -0.39 is 5.91 Å². The van der Waals surface area contributed by atoms with E-state index >= 15 is 0 Å². The van der Waals surface area contributed by atoms with E-state index in [1.807, 2.05) is 6.92 Å². The van der Waals surface area contributed by atoms with Crippen molar-refractivity contribution >= 4 is 5.91 Å². The smallest absolute Gasteiger partial charge is 0.249 e. The number of primary amides is 1. The Morgan fingerprint density at radius 2 is 2.06 bits per heavy atom. The maximum absolute atomic E-state index is 11.4. The van der Waals surface area contributed by atoms with E-state index in [0.29, 0.717) is 17.5 Å². The van der Waals surface area contributed by atoms with Gasteiger partial charge in [0, 0.05) is 11.1 Å². The molecule has 94 valence electrons. The first kappa shape index (κ1) is 13.2. The van der Waals surface area contributed by atoms with Gasteiger partial charge in [-0.15, -0.1) is 0 Å². The molecule has 0 saturated heterocycles. The van der Waals surface area contributed by atoms with Gasteiger partial charge in [-0.05, 0) is 12.5 Å². The number of hydrogen-bond acceptors (Lipinski definition) is 4. The fourth-order valence-electron chi connectivity index (χ4n) is 1.76. The van der Waals surface area contributed by atoms with Gasteiger partial charge >= 0.3 is 0 Å². The first-order chi connectivity index (χ1) is 8.06. The molecule has 0 bridgehead atoms. The molecule has 0 aromatic heterocycles. The average molecular weight is 239 g/mol. The largest absolute Gasteiger partial charge is 0.502 e. The number of methoxy groups -OCH3 is 2. The highest BCUT2D eigenvalue weighted by Gasteiger charge is 2.21. The Labute approximate surface area is 100 Å². The van der Waals surface area contributed by atoms with Crippen LogP contribution < -0.4 is 15.2 Å². The van der Waals surface area contributed by atoms with Gasteiger partial charge in [0.1, 0.15) is 0 Å². The van der Waals surface area contributed by atoms with Crippen LogP contribution in [0.4, 0.5) is 0 Å². The molecule has 3 N–H and O–H groups in total. The van der Waals surface area contributed by atoms with Gasteiger partial charge < -0.3 is 20.3 Å². The lowest BCUT2D eigenvalue weighted by Gasteiger charge is -2.15. The molecule has 0 saturated carbocycles. The van der Waals surface area contributed by atoms with E-state index in [1.54, 1.807) is 0 Å². The first-order valence-electron chi connectivity index (χ1n) is 5.33. The normalized spacial score (nSPS) is 10.1. The van der Waals surface area contributed by atoms with E-state index in [0.717, 1.165) is 6.42 Å². The van der Waals surface area contributed by atoms with Crippen molar-refractivity contribution in [2.45, 2.75) is 19.8 Å². The molecule has 0 fully saturated rings. The Morgan fingerprint density at radius 3 is 2.47 bits per heavy atom. The van der Waals surface area contributed by atoms with E-state index in [2.05, 4.69) is 0 Å². The summed E-state index contributed by atoms with van der Waals surface area (Å²) in [6.07, 6.45) is 1.40. The van der Waals surface area contributed by atoms with Gasteiger partial charge in [-0.3, -0.25) is 4.79 Å². The van der Waals surface area contributed by atoms with E-state index in [1.165, 1.54) is 20.3 Å². The van der Waals surface area contributed by atoms with Crippen molar-refractivity contribution in [2.75, 3.05) is 14.2 Å². The SMILES string of the molecule is CCCc1c(C(N)=O)cc(OC)c(O)c1OC. The molecule has 0 atom stereocenters. The summed E-state index contributed by atoms with van der Waals surface area (Å²) in [6, 6.07) is 1.44. The fourth-order valence-corrected chi connectivity index (χ4v) is 1.76. The minimum Gasteiger partial charge on any atom is -0.502 e. The second-order valence-corrected chi connectivity index (χ2v) is 3.60. The van der Waals surface area contributed by atoms with Gasteiger partial charge in [-0.1, -0.05) is 13.3 Å². The molecule has 0 aliphatic heterocycles. The van der Waals surface area contributed by atoms with Crippen LogP contribution >= 0.6 is 0 Å². The molecule has 1 aromatic rings. The Kier molecular flexibility index (Phi) is 4.20. The van der Waals surface area contributed by atoms with Crippen molar-refractivity contribution < 1.29 is 19.4 Å². The van der Waals surface area contributed by atoms with Gasteiger partial charge in [-0.2, -0.15) is 0 Å². The number of rotatable bonds is 5. The van der Waals surface area contributed by atoms with Gasteiger partial charge in [0.15, 0.2) is 11.5 Å². The summed E-state index contributed by atoms with van der Waals surface area (Å²) >= 11 is 0. The summed E-state index contributed by atoms with van der Waals surface area (Å²) in [5.41, 5.74) is 6.24. The number of aromatic hydroxyl groups is 1. The van der Waals surface area contributed by atoms with Crippen molar-refractivity contribution in [3.63, 3.8) is 0 Å². The highest BCUT2D eigenvalue weighted by atomic mass is 16.5. The molecule has 0 spiro atoms. The molecule has 1 rings (SSSR count). The zero-order valence-corrected chi connectivity index (χ0v) is 10.2. The standard InChI is InChI=1S/C12H17NO4/c1-4-5-7-8(12(13)15)6-9(16-2)10(14)11(7)17-3/h6,14H,4-5H2,1-3H3,(H2,13,15). The number of carbonyl (C=O) groups excluding carboxylic acids is 1. The molecule has 0 aliphatic carbocycles.